The fourth-order valence-corrected chi connectivity index (χ4v) is 5.40. The molecule has 0 unspecified atom stereocenters. The van der Waals surface area contributed by atoms with Crippen molar-refractivity contribution in [1.29, 1.82) is 0 Å². The summed E-state index contributed by atoms with van der Waals surface area (Å²) in [6.07, 6.45) is 24.6. The summed E-state index contributed by atoms with van der Waals surface area (Å²) in [6, 6.07) is 4.07. The molecular formula is C28H50OS. The molecule has 30 heavy (non-hydrogen) atoms. The highest BCUT2D eigenvalue weighted by Gasteiger charge is 2.10. The number of rotatable bonds is 20. The van der Waals surface area contributed by atoms with Gasteiger partial charge in [0.05, 0.1) is 0 Å². The van der Waals surface area contributed by atoms with Gasteiger partial charge in [-0.15, -0.1) is 11.8 Å². The first kappa shape index (κ1) is 27.4. The quantitative estimate of drug-likeness (QED) is 0.163. The Kier molecular flexibility index (Phi) is 17.4. The van der Waals surface area contributed by atoms with E-state index in [4.69, 9.17) is 0 Å². The summed E-state index contributed by atoms with van der Waals surface area (Å²) in [5, 5.41) is 10.2. The van der Waals surface area contributed by atoms with Crippen LogP contribution in [0.4, 0.5) is 0 Å². The molecule has 0 atom stereocenters. The standard InChI is InChI=1S/C28H50OS/c1-4-6-8-10-12-13-14-16-18-20-24-30-28-25(3)27(29)23-22-26(28)21-19-17-15-11-9-7-5-2/h22-23,29H,4-21,24H2,1-3H3. The summed E-state index contributed by atoms with van der Waals surface area (Å²) >= 11 is 1.98. The van der Waals surface area contributed by atoms with Gasteiger partial charge in [-0.1, -0.05) is 116 Å². The van der Waals surface area contributed by atoms with Crippen molar-refractivity contribution in [3.8, 4) is 5.75 Å². The van der Waals surface area contributed by atoms with Gasteiger partial charge in [0.25, 0.3) is 0 Å². The molecule has 0 fully saturated rings. The highest BCUT2D eigenvalue weighted by atomic mass is 32.2. The smallest absolute Gasteiger partial charge is 0.119 e. The van der Waals surface area contributed by atoms with Crippen molar-refractivity contribution < 1.29 is 5.11 Å². The summed E-state index contributed by atoms with van der Waals surface area (Å²) in [7, 11) is 0. The van der Waals surface area contributed by atoms with Crippen molar-refractivity contribution in [1.82, 2.24) is 0 Å². The van der Waals surface area contributed by atoms with Crippen LogP contribution >= 0.6 is 11.8 Å². The van der Waals surface area contributed by atoms with Gasteiger partial charge in [0.1, 0.15) is 5.75 Å². The summed E-state index contributed by atoms with van der Waals surface area (Å²) in [6.45, 7) is 6.65. The SMILES string of the molecule is CCCCCCCCCCCCSc1c(CCCCCCCCC)ccc(O)c1C. The van der Waals surface area contributed by atoms with Gasteiger partial charge in [0.2, 0.25) is 0 Å². The Morgan fingerprint density at radius 3 is 1.63 bits per heavy atom. The van der Waals surface area contributed by atoms with Crippen LogP contribution in [0.3, 0.4) is 0 Å². The van der Waals surface area contributed by atoms with Crippen LogP contribution in [0.2, 0.25) is 0 Å². The second-order valence-corrected chi connectivity index (χ2v) is 10.2. The Balaban J connectivity index is 2.23. The predicted molar refractivity (Wildman–Crippen MR) is 137 cm³/mol. The van der Waals surface area contributed by atoms with E-state index in [1.54, 1.807) is 0 Å². The first-order chi connectivity index (χ1) is 14.7. The van der Waals surface area contributed by atoms with E-state index in [2.05, 4.69) is 26.8 Å². The van der Waals surface area contributed by atoms with E-state index in [-0.39, 0.29) is 0 Å². The van der Waals surface area contributed by atoms with Gasteiger partial charge in [0.15, 0.2) is 0 Å². The molecule has 0 aromatic heterocycles. The highest BCUT2D eigenvalue weighted by molar-refractivity contribution is 7.99. The minimum absolute atomic E-state index is 0.462. The molecule has 0 saturated carbocycles. The molecule has 0 spiro atoms. The number of phenols is 1. The maximum absolute atomic E-state index is 10.2. The van der Waals surface area contributed by atoms with Crippen molar-refractivity contribution in [2.24, 2.45) is 0 Å². The number of unbranched alkanes of at least 4 members (excludes halogenated alkanes) is 15. The molecular weight excluding hydrogens is 384 g/mol. The van der Waals surface area contributed by atoms with Gasteiger partial charge >= 0.3 is 0 Å². The predicted octanol–water partition coefficient (Wildman–Crippen LogP) is 10.0. The van der Waals surface area contributed by atoms with E-state index in [0.717, 1.165) is 12.0 Å². The van der Waals surface area contributed by atoms with E-state index in [1.807, 2.05) is 17.8 Å². The molecule has 1 rings (SSSR count). The number of aryl methyl sites for hydroxylation is 1. The molecule has 0 aliphatic carbocycles. The average molecular weight is 435 g/mol. The summed E-state index contributed by atoms with van der Waals surface area (Å²) in [5.41, 5.74) is 2.54. The second kappa shape index (κ2) is 19.1. The number of phenolic OH excluding ortho intramolecular Hbond substituents is 1. The second-order valence-electron chi connectivity index (χ2n) is 9.10. The maximum Gasteiger partial charge on any atom is 0.119 e. The third kappa shape index (κ3) is 12.9. The molecule has 0 aliphatic heterocycles. The van der Waals surface area contributed by atoms with E-state index in [1.165, 1.54) is 125 Å². The molecule has 0 aliphatic rings. The lowest BCUT2D eigenvalue weighted by atomic mass is 10.0. The minimum atomic E-state index is 0.462. The first-order valence-corrected chi connectivity index (χ1v) is 14.1. The van der Waals surface area contributed by atoms with Crippen LogP contribution in [0, 0.1) is 6.92 Å². The van der Waals surface area contributed by atoms with Gasteiger partial charge in [-0.3, -0.25) is 0 Å². The molecule has 0 saturated heterocycles. The van der Waals surface area contributed by atoms with Crippen LogP contribution in [0.15, 0.2) is 17.0 Å². The number of aromatic hydroxyl groups is 1. The molecule has 1 N–H and O–H groups in total. The van der Waals surface area contributed by atoms with Crippen LogP contribution in [-0.4, -0.2) is 10.9 Å². The fraction of sp³-hybridized carbons (Fsp3) is 0.786. The van der Waals surface area contributed by atoms with Crippen LogP contribution < -0.4 is 0 Å². The topological polar surface area (TPSA) is 20.2 Å². The number of hydrogen-bond donors (Lipinski definition) is 1. The fourth-order valence-electron chi connectivity index (χ4n) is 4.17. The van der Waals surface area contributed by atoms with Gasteiger partial charge in [-0.2, -0.15) is 0 Å². The third-order valence-corrected chi connectivity index (χ3v) is 7.60. The lowest BCUT2D eigenvalue weighted by molar-refractivity contribution is 0.468. The summed E-state index contributed by atoms with van der Waals surface area (Å²) in [5.74, 6) is 1.65. The lowest BCUT2D eigenvalue weighted by Gasteiger charge is -2.14. The number of hydrogen-bond acceptors (Lipinski definition) is 2. The van der Waals surface area contributed by atoms with Crippen molar-refractivity contribution >= 4 is 11.8 Å². The van der Waals surface area contributed by atoms with E-state index < -0.39 is 0 Å². The van der Waals surface area contributed by atoms with Crippen molar-refractivity contribution in [3.63, 3.8) is 0 Å². The van der Waals surface area contributed by atoms with Gasteiger partial charge in [0, 0.05) is 10.5 Å². The van der Waals surface area contributed by atoms with Gasteiger partial charge in [-0.05, 0) is 43.6 Å². The molecule has 0 bridgehead atoms. The lowest BCUT2D eigenvalue weighted by Crippen LogP contribution is -1.94. The number of benzene rings is 1. The van der Waals surface area contributed by atoms with Crippen molar-refractivity contribution in [2.75, 3.05) is 5.75 Å². The molecule has 0 heterocycles. The molecule has 0 amide bonds. The number of thioether (sulfide) groups is 1. The molecule has 1 aromatic rings. The first-order valence-electron chi connectivity index (χ1n) is 13.1. The minimum Gasteiger partial charge on any atom is -0.508 e. The maximum atomic E-state index is 10.2. The van der Waals surface area contributed by atoms with Crippen molar-refractivity contribution in [3.05, 3.63) is 23.3 Å². The van der Waals surface area contributed by atoms with Crippen molar-refractivity contribution in [2.45, 2.75) is 141 Å². The molecule has 0 radical (unpaired) electrons. The Bertz CT molecular complexity index is 526. The van der Waals surface area contributed by atoms with Crippen LogP contribution in [0.5, 0.6) is 5.75 Å². The normalized spacial score (nSPS) is 11.3. The van der Waals surface area contributed by atoms with E-state index in [0.29, 0.717) is 5.75 Å². The summed E-state index contributed by atoms with van der Waals surface area (Å²) < 4.78 is 0. The zero-order chi connectivity index (χ0) is 21.9. The molecule has 1 nitrogen and oxygen atoms in total. The molecule has 1 aromatic carbocycles. The Labute approximate surface area is 192 Å². The van der Waals surface area contributed by atoms with Gasteiger partial charge < -0.3 is 5.11 Å². The zero-order valence-electron chi connectivity index (χ0n) is 20.4. The average Bonchev–Trinajstić information content (AvgIpc) is 2.75. The van der Waals surface area contributed by atoms with Crippen LogP contribution in [-0.2, 0) is 6.42 Å². The molecule has 174 valence electrons. The van der Waals surface area contributed by atoms with E-state index in [9.17, 15) is 5.11 Å². The van der Waals surface area contributed by atoms with Crippen LogP contribution in [0.25, 0.3) is 0 Å². The van der Waals surface area contributed by atoms with E-state index >= 15 is 0 Å². The van der Waals surface area contributed by atoms with Gasteiger partial charge in [-0.25, -0.2) is 0 Å². The molecule has 2 heteroatoms. The monoisotopic (exact) mass is 434 g/mol. The zero-order valence-corrected chi connectivity index (χ0v) is 21.3. The van der Waals surface area contributed by atoms with Crippen LogP contribution in [0.1, 0.15) is 134 Å². The third-order valence-electron chi connectivity index (χ3n) is 6.25. The Hall–Kier alpha value is -0.630. The largest absolute Gasteiger partial charge is 0.508 e. The Morgan fingerprint density at radius 2 is 1.10 bits per heavy atom. The highest BCUT2D eigenvalue weighted by Crippen LogP contribution is 2.34. The Morgan fingerprint density at radius 1 is 0.633 bits per heavy atom. The summed E-state index contributed by atoms with van der Waals surface area (Å²) in [4.78, 5) is 1.36.